The number of para-hydroxylation sites is 2. The maximum Gasteiger partial charge on any atom is 0.206 e. The average Bonchev–Trinajstić information content (AvgIpc) is 3.20. The summed E-state index contributed by atoms with van der Waals surface area (Å²) in [4.78, 5) is 6.25. The Labute approximate surface area is 216 Å². The van der Waals surface area contributed by atoms with Crippen LogP contribution in [0.2, 0.25) is 0 Å². The van der Waals surface area contributed by atoms with Crippen molar-refractivity contribution in [1.29, 1.82) is 15.8 Å². The number of hydrogen-bond donors (Lipinski definition) is 0. The van der Waals surface area contributed by atoms with E-state index in [4.69, 9.17) is 0 Å². The zero-order valence-corrected chi connectivity index (χ0v) is 19.9. The number of benzene rings is 4. The summed E-state index contributed by atoms with van der Waals surface area (Å²) in [6, 6.07) is 40.2. The standard InChI is InChI=1S/C32H21N5/c33-20-19-32(22-34)29-14-8-7-13-28(29)31(36-23-35)30(32)21-24-15-17-27(18-16-24)37(25-9-3-1-4-10-25)26-11-5-2-6-12-26/h1-18,21H,19H2. The summed E-state index contributed by atoms with van der Waals surface area (Å²) in [5.41, 5.74) is 5.11. The van der Waals surface area contributed by atoms with Crippen molar-refractivity contribution in [2.24, 2.45) is 4.99 Å². The Bertz CT molecular complexity index is 1580. The molecule has 0 heterocycles. The summed E-state index contributed by atoms with van der Waals surface area (Å²) in [6.45, 7) is 0. The van der Waals surface area contributed by atoms with Gasteiger partial charge in [0.2, 0.25) is 6.19 Å². The van der Waals surface area contributed by atoms with E-state index in [2.05, 4.69) is 46.3 Å². The monoisotopic (exact) mass is 475 g/mol. The first-order valence-corrected chi connectivity index (χ1v) is 11.8. The van der Waals surface area contributed by atoms with Crippen molar-refractivity contribution in [1.82, 2.24) is 0 Å². The highest BCUT2D eigenvalue weighted by Gasteiger charge is 2.47. The van der Waals surface area contributed by atoms with Crippen molar-refractivity contribution in [2.75, 3.05) is 4.90 Å². The first kappa shape index (κ1) is 23.3. The van der Waals surface area contributed by atoms with E-state index in [1.807, 2.05) is 97.2 Å². The summed E-state index contributed by atoms with van der Waals surface area (Å²) in [5.74, 6) is 0. The van der Waals surface area contributed by atoms with Gasteiger partial charge in [-0.2, -0.15) is 20.8 Å². The second-order valence-electron chi connectivity index (χ2n) is 8.61. The lowest BCUT2D eigenvalue weighted by molar-refractivity contribution is 0.702. The number of aliphatic imine (C=N–C) groups is 1. The largest absolute Gasteiger partial charge is 0.311 e. The van der Waals surface area contributed by atoms with Crippen molar-refractivity contribution in [3.63, 3.8) is 0 Å². The van der Waals surface area contributed by atoms with E-state index < -0.39 is 5.41 Å². The van der Waals surface area contributed by atoms with E-state index in [-0.39, 0.29) is 6.42 Å². The lowest BCUT2D eigenvalue weighted by Crippen LogP contribution is -2.24. The van der Waals surface area contributed by atoms with Crippen molar-refractivity contribution in [3.8, 4) is 18.3 Å². The first-order valence-electron chi connectivity index (χ1n) is 11.8. The highest BCUT2D eigenvalue weighted by Crippen LogP contribution is 2.46. The second-order valence-corrected chi connectivity index (χ2v) is 8.61. The first-order chi connectivity index (χ1) is 18.2. The topological polar surface area (TPSA) is 87.0 Å². The summed E-state index contributed by atoms with van der Waals surface area (Å²) < 4.78 is 0. The van der Waals surface area contributed by atoms with Crippen LogP contribution in [-0.4, -0.2) is 5.71 Å². The van der Waals surface area contributed by atoms with Gasteiger partial charge in [-0.25, -0.2) is 0 Å². The molecule has 0 spiro atoms. The minimum atomic E-state index is -1.19. The van der Waals surface area contributed by atoms with E-state index in [1.54, 1.807) is 0 Å². The lowest BCUT2D eigenvalue weighted by atomic mass is 9.76. The van der Waals surface area contributed by atoms with Crippen LogP contribution >= 0.6 is 0 Å². The molecule has 1 unspecified atom stereocenters. The van der Waals surface area contributed by atoms with Crippen LogP contribution in [0.15, 0.2) is 120 Å². The van der Waals surface area contributed by atoms with Gasteiger partial charge in [0, 0.05) is 28.2 Å². The van der Waals surface area contributed by atoms with Gasteiger partial charge in [-0.3, -0.25) is 0 Å². The molecule has 0 aliphatic heterocycles. The zero-order valence-electron chi connectivity index (χ0n) is 19.9. The van der Waals surface area contributed by atoms with Gasteiger partial charge in [0.15, 0.2) is 0 Å². The Balaban J connectivity index is 1.61. The van der Waals surface area contributed by atoms with Gasteiger partial charge in [-0.15, -0.1) is 0 Å². The molecule has 0 radical (unpaired) electrons. The van der Waals surface area contributed by atoms with Crippen LogP contribution in [-0.2, 0) is 5.41 Å². The van der Waals surface area contributed by atoms with Crippen molar-refractivity contribution in [2.45, 2.75) is 11.8 Å². The molecule has 0 fully saturated rings. The molecule has 1 aliphatic rings. The molecule has 0 saturated carbocycles. The van der Waals surface area contributed by atoms with Crippen molar-refractivity contribution >= 4 is 28.8 Å². The molecule has 0 amide bonds. The van der Waals surface area contributed by atoms with Crippen molar-refractivity contribution in [3.05, 3.63) is 131 Å². The molecule has 4 aromatic rings. The molecule has 1 aliphatic carbocycles. The Morgan fingerprint density at radius 3 is 1.84 bits per heavy atom. The van der Waals surface area contributed by atoms with E-state index >= 15 is 0 Å². The normalized spacial score (nSPS) is 18.0. The fourth-order valence-electron chi connectivity index (χ4n) is 4.87. The minimum Gasteiger partial charge on any atom is -0.311 e. The lowest BCUT2D eigenvalue weighted by Gasteiger charge is -2.25. The van der Waals surface area contributed by atoms with E-state index in [0.717, 1.165) is 22.6 Å². The summed E-state index contributed by atoms with van der Waals surface area (Å²) in [6.07, 6.45) is 3.71. The van der Waals surface area contributed by atoms with Gasteiger partial charge in [-0.1, -0.05) is 72.8 Å². The van der Waals surface area contributed by atoms with Gasteiger partial charge in [-0.05, 0) is 53.6 Å². The Kier molecular flexibility index (Phi) is 6.33. The average molecular weight is 476 g/mol. The number of anilines is 3. The van der Waals surface area contributed by atoms with Crippen LogP contribution in [0.1, 0.15) is 23.1 Å². The SMILES string of the molecule is N#CCC1(C#N)C(=Cc2ccc(N(c3ccccc3)c3ccccc3)cc2)C(=NC#N)c2ccccc21. The number of allylic oxidation sites excluding steroid dienone is 1. The quantitative estimate of drug-likeness (QED) is 0.286. The van der Waals surface area contributed by atoms with Crippen LogP contribution in [0, 0.1) is 34.1 Å². The van der Waals surface area contributed by atoms with E-state index in [9.17, 15) is 15.8 Å². The molecule has 0 bridgehead atoms. The number of rotatable bonds is 5. The predicted molar refractivity (Wildman–Crippen MR) is 145 cm³/mol. The predicted octanol–water partition coefficient (Wildman–Crippen LogP) is 7.20. The number of hydrogen-bond acceptors (Lipinski definition) is 5. The molecular formula is C32H21N5. The fraction of sp³-hybridized carbons (Fsp3) is 0.0625. The molecule has 1 atom stereocenters. The third-order valence-electron chi connectivity index (χ3n) is 6.54. The second kappa shape index (κ2) is 10.0. The van der Waals surface area contributed by atoms with Gasteiger partial charge >= 0.3 is 0 Å². The Morgan fingerprint density at radius 2 is 1.27 bits per heavy atom. The van der Waals surface area contributed by atoms with Gasteiger partial charge in [0.05, 0.1) is 24.3 Å². The third kappa shape index (κ3) is 4.14. The number of nitrogens with zero attached hydrogens (tertiary/aromatic N) is 5. The summed E-state index contributed by atoms with van der Waals surface area (Å²) >= 11 is 0. The Hall–Kier alpha value is -5.44. The molecule has 0 aromatic heterocycles. The fourth-order valence-corrected chi connectivity index (χ4v) is 4.87. The number of fused-ring (bicyclic) bond motifs is 1. The molecule has 0 N–H and O–H groups in total. The van der Waals surface area contributed by atoms with Gasteiger partial charge in [0.1, 0.15) is 5.41 Å². The van der Waals surface area contributed by atoms with Crippen LogP contribution < -0.4 is 4.90 Å². The molecule has 5 heteroatoms. The van der Waals surface area contributed by atoms with Crippen LogP contribution in [0.4, 0.5) is 17.1 Å². The highest BCUT2D eigenvalue weighted by molar-refractivity contribution is 6.22. The third-order valence-corrected chi connectivity index (χ3v) is 6.54. The Morgan fingerprint density at radius 1 is 0.703 bits per heavy atom. The minimum absolute atomic E-state index is 0.0370. The van der Waals surface area contributed by atoms with Gasteiger partial charge in [0.25, 0.3) is 0 Å². The molecule has 0 saturated heterocycles. The molecule has 174 valence electrons. The van der Waals surface area contributed by atoms with Crippen LogP contribution in [0.25, 0.3) is 6.08 Å². The summed E-state index contributed by atoms with van der Waals surface area (Å²) in [7, 11) is 0. The summed E-state index contributed by atoms with van der Waals surface area (Å²) in [5, 5.41) is 29.3. The zero-order chi connectivity index (χ0) is 25.7. The number of nitriles is 3. The van der Waals surface area contributed by atoms with Crippen LogP contribution in [0.5, 0.6) is 0 Å². The smallest absolute Gasteiger partial charge is 0.206 e. The molecule has 37 heavy (non-hydrogen) atoms. The maximum absolute atomic E-state index is 10.3. The molecule has 4 aromatic carbocycles. The van der Waals surface area contributed by atoms with E-state index in [1.165, 1.54) is 0 Å². The maximum atomic E-state index is 10.3. The van der Waals surface area contributed by atoms with Gasteiger partial charge < -0.3 is 4.90 Å². The highest BCUT2D eigenvalue weighted by atomic mass is 15.1. The van der Waals surface area contributed by atoms with E-state index in [0.29, 0.717) is 22.4 Å². The molecule has 5 nitrogen and oxygen atoms in total. The molecular weight excluding hydrogens is 454 g/mol. The van der Waals surface area contributed by atoms with Crippen molar-refractivity contribution < 1.29 is 0 Å². The van der Waals surface area contributed by atoms with Crippen LogP contribution in [0.3, 0.4) is 0 Å². The molecule has 5 rings (SSSR count).